The van der Waals surface area contributed by atoms with Crippen molar-refractivity contribution in [3.05, 3.63) is 48.3 Å². The standard InChI is InChI=1S/C16H23N3/c1-4-16(13(2)3)17-12-14-6-8-15(9-7-14)19-11-5-10-18-19/h5-11,13,16-17H,4,12H2,1-3H3. The van der Waals surface area contributed by atoms with Gasteiger partial charge in [-0.3, -0.25) is 0 Å². The number of nitrogens with zero attached hydrogens (tertiary/aromatic N) is 2. The van der Waals surface area contributed by atoms with Gasteiger partial charge in [0.25, 0.3) is 0 Å². The molecule has 1 aromatic heterocycles. The fourth-order valence-corrected chi connectivity index (χ4v) is 2.29. The summed E-state index contributed by atoms with van der Waals surface area (Å²) in [6.45, 7) is 7.69. The highest BCUT2D eigenvalue weighted by Crippen LogP contribution is 2.10. The molecule has 0 aliphatic heterocycles. The van der Waals surface area contributed by atoms with Crippen LogP contribution in [0.15, 0.2) is 42.7 Å². The van der Waals surface area contributed by atoms with Crippen LogP contribution in [0.5, 0.6) is 0 Å². The molecule has 0 aliphatic carbocycles. The summed E-state index contributed by atoms with van der Waals surface area (Å²) in [5.74, 6) is 0.674. The lowest BCUT2D eigenvalue weighted by molar-refractivity contribution is 0.387. The molecule has 0 amide bonds. The van der Waals surface area contributed by atoms with Crippen LogP contribution in [-0.2, 0) is 6.54 Å². The summed E-state index contributed by atoms with van der Waals surface area (Å²) in [6.07, 6.45) is 4.92. The maximum absolute atomic E-state index is 4.23. The van der Waals surface area contributed by atoms with Crippen molar-refractivity contribution in [2.24, 2.45) is 5.92 Å². The number of benzene rings is 1. The molecule has 0 spiro atoms. The number of aromatic nitrogens is 2. The number of rotatable bonds is 6. The zero-order valence-corrected chi connectivity index (χ0v) is 12.0. The van der Waals surface area contributed by atoms with Crippen LogP contribution in [0.1, 0.15) is 32.8 Å². The van der Waals surface area contributed by atoms with Crippen LogP contribution in [0.2, 0.25) is 0 Å². The largest absolute Gasteiger partial charge is 0.310 e. The summed E-state index contributed by atoms with van der Waals surface area (Å²) >= 11 is 0. The predicted octanol–water partition coefficient (Wildman–Crippen LogP) is 3.40. The predicted molar refractivity (Wildman–Crippen MR) is 79.3 cm³/mol. The maximum Gasteiger partial charge on any atom is 0.0645 e. The first-order valence-corrected chi connectivity index (χ1v) is 7.03. The highest BCUT2D eigenvalue weighted by molar-refractivity contribution is 5.33. The molecule has 3 nitrogen and oxygen atoms in total. The lowest BCUT2D eigenvalue weighted by atomic mass is 10.0. The average Bonchev–Trinajstić information content (AvgIpc) is 2.94. The van der Waals surface area contributed by atoms with E-state index in [0.717, 1.165) is 12.2 Å². The Balaban J connectivity index is 1.96. The van der Waals surface area contributed by atoms with Gasteiger partial charge in [0.05, 0.1) is 5.69 Å². The molecule has 19 heavy (non-hydrogen) atoms. The lowest BCUT2D eigenvalue weighted by Crippen LogP contribution is -2.32. The Hall–Kier alpha value is -1.61. The van der Waals surface area contributed by atoms with E-state index in [-0.39, 0.29) is 0 Å². The molecule has 1 N–H and O–H groups in total. The third-order valence-electron chi connectivity index (χ3n) is 3.52. The van der Waals surface area contributed by atoms with Crippen molar-refractivity contribution in [1.29, 1.82) is 0 Å². The van der Waals surface area contributed by atoms with Gasteiger partial charge in [-0.2, -0.15) is 5.10 Å². The van der Waals surface area contributed by atoms with Crippen molar-refractivity contribution in [3.8, 4) is 5.69 Å². The van der Waals surface area contributed by atoms with E-state index >= 15 is 0 Å². The van der Waals surface area contributed by atoms with Gasteiger partial charge >= 0.3 is 0 Å². The molecule has 0 bridgehead atoms. The minimum Gasteiger partial charge on any atom is -0.310 e. The number of hydrogen-bond donors (Lipinski definition) is 1. The Morgan fingerprint density at radius 3 is 2.47 bits per heavy atom. The summed E-state index contributed by atoms with van der Waals surface area (Å²) in [7, 11) is 0. The lowest BCUT2D eigenvalue weighted by Gasteiger charge is -2.20. The molecule has 102 valence electrons. The monoisotopic (exact) mass is 257 g/mol. The van der Waals surface area contributed by atoms with Crippen molar-refractivity contribution >= 4 is 0 Å². The Labute approximate surface area is 115 Å². The van der Waals surface area contributed by atoms with Gasteiger partial charge in [-0.15, -0.1) is 0 Å². The van der Waals surface area contributed by atoms with Crippen molar-refractivity contribution in [2.75, 3.05) is 0 Å². The molecular weight excluding hydrogens is 234 g/mol. The van der Waals surface area contributed by atoms with Gasteiger partial charge in [-0.1, -0.05) is 32.9 Å². The van der Waals surface area contributed by atoms with Gasteiger partial charge < -0.3 is 5.32 Å². The van der Waals surface area contributed by atoms with E-state index in [1.165, 1.54) is 12.0 Å². The molecule has 0 fully saturated rings. The molecule has 0 aliphatic rings. The second-order valence-corrected chi connectivity index (χ2v) is 5.26. The number of hydrogen-bond acceptors (Lipinski definition) is 2. The van der Waals surface area contributed by atoms with E-state index < -0.39 is 0 Å². The summed E-state index contributed by atoms with van der Waals surface area (Å²) in [5.41, 5.74) is 2.42. The summed E-state index contributed by atoms with van der Waals surface area (Å²) in [4.78, 5) is 0. The number of nitrogens with one attached hydrogen (secondary N) is 1. The first-order valence-electron chi connectivity index (χ1n) is 7.03. The van der Waals surface area contributed by atoms with Gasteiger partial charge in [0.15, 0.2) is 0 Å². The third-order valence-corrected chi connectivity index (χ3v) is 3.52. The van der Waals surface area contributed by atoms with Gasteiger partial charge in [0.2, 0.25) is 0 Å². The fraction of sp³-hybridized carbons (Fsp3) is 0.438. The molecule has 1 atom stereocenters. The van der Waals surface area contributed by atoms with Gasteiger partial charge in [-0.25, -0.2) is 4.68 Å². The van der Waals surface area contributed by atoms with Crippen molar-refractivity contribution in [1.82, 2.24) is 15.1 Å². The van der Waals surface area contributed by atoms with E-state index in [0.29, 0.717) is 12.0 Å². The van der Waals surface area contributed by atoms with E-state index in [9.17, 15) is 0 Å². The van der Waals surface area contributed by atoms with Crippen LogP contribution < -0.4 is 5.32 Å². The quantitative estimate of drug-likeness (QED) is 0.859. The topological polar surface area (TPSA) is 29.9 Å². The van der Waals surface area contributed by atoms with Gasteiger partial charge in [0, 0.05) is 25.0 Å². The SMILES string of the molecule is CCC(NCc1ccc(-n2cccn2)cc1)C(C)C. The second-order valence-electron chi connectivity index (χ2n) is 5.26. The smallest absolute Gasteiger partial charge is 0.0645 e. The third kappa shape index (κ3) is 3.67. The van der Waals surface area contributed by atoms with Crippen molar-refractivity contribution in [3.63, 3.8) is 0 Å². The summed E-state index contributed by atoms with van der Waals surface area (Å²) < 4.78 is 1.88. The molecule has 3 heteroatoms. The minimum absolute atomic E-state index is 0.589. The molecule has 1 aromatic carbocycles. The van der Waals surface area contributed by atoms with Crippen LogP contribution in [0, 0.1) is 5.92 Å². The molecule has 0 radical (unpaired) electrons. The maximum atomic E-state index is 4.23. The van der Waals surface area contributed by atoms with Crippen molar-refractivity contribution in [2.45, 2.75) is 39.8 Å². The zero-order valence-electron chi connectivity index (χ0n) is 12.0. The van der Waals surface area contributed by atoms with Crippen LogP contribution in [0.4, 0.5) is 0 Å². The van der Waals surface area contributed by atoms with Gasteiger partial charge in [-0.05, 0) is 36.1 Å². The Kier molecular flexibility index (Phi) is 4.74. The molecule has 0 saturated heterocycles. The Morgan fingerprint density at radius 2 is 1.95 bits per heavy atom. The van der Waals surface area contributed by atoms with E-state index in [2.05, 4.69) is 55.5 Å². The first-order chi connectivity index (χ1) is 9.20. The molecule has 2 rings (SSSR count). The summed E-state index contributed by atoms with van der Waals surface area (Å²) in [6, 6.07) is 11.1. The minimum atomic E-state index is 0.589. The van der Waals surface area contributed by atoms with Crippen molar-refractivity contribution < 1.29 is 0 Å². The molecular formula is C16H23N3. The molecule has 2 aromatic rings. The second kappa shape index (κ2) is 6.53. The zero-order chi connectivity index (χ0) is 13.7. The first kappa shape index (κ1) is 13.8. The normalized spacial score (nSPS) is 12.8. The van der Waals surface area contributed by atoms with E-state index in [1.807, 2.05) is 16.9 Å². The van der Waals surface area contributed by atoms with Crippen LogP contribution in [0.25, 0.3) is 5.69 Å². The molecule has 1 heterocycles. The molecule has 0 saturated carbocycles. The van der Waals surface area contributed by atoms with E-state index in [1.54, 1.807) is 6.20 Å². The van der Waals surface area contributed by atoms with Crippen LogP contribution in [0.3, 0.4) is 0 Å². The van der Waals surface area contributed by atoms with Gasteiger partial charge in [0.1, 0.15) is 0 Å². The van der Waals surface area contributed by atoms with Crippen LogP contribution in [-0.4, -0.2) is 15.8 Å². The fourth-order valence-electron chi connectivity index (χ4n) is 2.29. The molecule has 1 unspecified atom stereocenters. The van der Waals surface area contributed by atoms with Crippen LogP contribution >= 0.6 is 0 Å². The Bertz CT molecular complexity index is 471. The summed E-state index contributed by atoms with van der Waals surface area (Å²) in [5, 5.41) is 7.84. The highest BCUT2D eigenvalue weighted by Gasteiger charge is 2.09. The average molecular weight is 257 g/mol. The highest BCUT2D eigenvalue weighted by atomic mass is 15.3. The van der Waals surface area contributed by atoms with E-state index in [4.69, 9.17) is 0 Å². The Morgan fingerprint density at radius 1 is 1.21 bits per heavy atom.